The zero-order valence-corrected chi connectivity index (χ0v) is 9.99. The van der Waals surface area contributed by atoms with Crippen molar-refractivity contribution in [3.8, 4) is 0 Å². The first-order chi connectivity index (χ1) is 7.45. The van der Waals surface area contributed by atoms with Crippen molar-refractivity contribution in [3.63, 3.8) is 0 Å². The molecule has 0 saturated carbocycles. The van der Waals surface area contributed by atoms with Gasteiger partial charge in [0.1, 0.15) is 12.6 Å². The summed E-state index contributed by atoms with van der Waals surface area (Å²) in [5.74, 6) is -0.355. The summed E-state index contributed by atoms with van der Waals surface area (Å²) in [6.07, 6.45) is 1.30. The van der Waals surface area contributed by atoms with Crippen molar-refractivity contribution in [1.82, 2.24) is 0 Å². The lowest BCUT2D eigenvalue weighted by Gasteiger charge is -2.10. The Kier molecular flexibility index (Phi) is 8.40. The molecule has 16 heavy (non-hydrogen) atoms. The summed E-state index contributed by atoms with van der Waals surface area (Å²) >= 11 is 0. The van der Waals surface area contributed by atoms with Crippen LogP contribution in [0.2, 0.25) is 0 Å². The maximum Gasteiger partial charge on any atom is 0.126 e. The van der Waals surface area contributed by atoms with Crippen LogP contribution in [0.15, 0.2) is 12.7 Å². The molecular formula is C9H19NO5S. The van der Waals surface area contributed by atoms with Crippen molar-refractivity contribution in [3.05, 3.63) is 12.7 Å². The van der Waals surface area contributed by atoms with Crippen molar-refractivity contribution in [2.24, 2.45) is 0 Å². The van der Waals surface area contributed by atoms with Crippen LogP contribution in [-0.4, -0.2) is 56.2 Å². The van der Waals surface area contributed by atoms with E-state index in [1.165, 1.54) is 0 Å². The SMILES string of the molecule is C=CCOCC(O)C[NH2+]CCCS(=O)(=O)[O-]. The van der Waals surface area contributed by atoms with E-state index in [4.69, 9.17) is 4.74 Å². The Hall–Kier alpha value is -0.470. The average molecular weight is 253 g/mol. The summed E-state index contributed by atoms with van der Waals surface area (Å²) in [5, 5.41) is 11.1. The van der Waals surface area contributed by atoms with E-state index >= 15 is 0 Å². The molecule has 0 aliphatic rings. The Balaban J connectivity index is 3.34. The van der Waals surface area contributed by atoms with E-state index in [1.807, 2.05) is 0 Å². The molecule has 0 fully saturated rings. The van der Waals surface area contributed by atoms with Crippen molar-refractivity contribution >= 4 is 10.1 Å². The third-order valence-corrected chi connectivity index (χ3v) is 2.58. The molecule has 0 aromatic carbocycles. The molecule has 0 aromatic rings. The summed E-state index contributed by atoms with van der Waals surface area (Å²) in [4.78, 5) is 0. The highest BCUT2D eigenvalue weighted by atomic mass is 32.2. The minimum Gasteiger partial charge on any atom is -0.748 e. The number of hydrogen-bond acceptors (Lipinski definition) is 5. The van der Waals surface area contributed by atoms with Gasteiger partial charge < -0.3 is 19.7 Å². The molecule has 6 nitrogen and oxygen atoms in total. The summed E-state index contributed by atoms with van der Waals surface area (Å²) in [6.45, 7) is 5.01. The Morgan fingerprint density at radius 1 is 1.56 bits per heavy atom. The lowest BCUT2D eigenvalue weighted by molar-refractivity contribution is -0.661. The minimum atomic E-state index is -4.11. The molecule has 1 unspecified atom stereocenters. The zero-order valence-electron chi connectivity index (χ0n) is 9.17. The van der Waals surface area contributed by atoms with E-state index in [9.17, 15) is 18.1 Å². The molecule has 0 saturated heterocycles. The molecule has 7 heteroatoms. The molecule has 0 aromatic heterocycles. The van der Waals surface area contributed by atoms with Gasteiger partial charge in [0.25, 0.3) is 0 Å². The first kappa shape index (κ1) is 15.5. The summed E-state index contributed by atoms with van der Waals surface area (Å²) in [6, 6.07) is 0. The van der Waals surface area contributed by atoms with Gasteiger partial charge in [-0.1, -0.05) is 6.08 Å². The highest BCUT2D eigenvalue weighted by molar-refractivity contribution is 7.85. The lowest BCUT2D eigenvalue weighted by Crippen LogP contribution is -2.86. The topological polar surface area (TPSA) is 103 Å². The zero-order chi connectivity index (χ0) is 12.4. The second-order valence-electron chi connectivity index (χ2n) is 3.41. The number of quaternary nitrogens is 1. The second-order valence-corrected chi connectivity index (χ2v) is 4.93. The summed E-state index contributed by atoms with van der Waals surface area (Å²) < 4.78 is 35.8. The monoisotopic (exact) mass is 253 g/mol. The van der Waals surface area contributed by atoms with Crippen LogP contribution in [0.5, 0.6) is 0 Å². The molecule has 96 valence electrons. The molecule has 0 amide bonds. The van der Waals surface area contributed by atoms with Gasteiger partial charge in [-0.05, 0) is 0 Å². The first-order valence-electron chi connectivity index (χ1n) is 5.07. The van der Waals surface area contributed by atoms with Gasteiger partial charge in [-0.15, -0.1) is 6.58 Å². The van der Waals surface area contributed by atoms with Gasteiger partial charge in [0, 0.05) is 12.2 Å². The van der Waals surface area contributed by atoms with Crippen LogP contribution in [0.1, 0.15) is 6.42 Å². The quantitative estimate of drug-likeness (QED) is 0.267. The van der Waals surface area contributed by atoms with Crippen LogP contribution >= 0.6 is 0 Å². The van der Waals surface area contributed by atoms with E-state index in [2.05, 4.69) is 6.58 Å². The Labute approximate surface area is 96.1 Å². The number of nitrogens with two attached hydrogens (primary N) is 1. The van der Waals surface area contributed by atoms with Gasteiger partial charge in [-0.2, -0.15) is 0 Å². The van der Waals surface area contributed by atoms with Crippen molar-refractivity contribution in [2.45, 2.75) is 12.5 Å². The van der Waals surface area contributed by atoms with E-state index in [1.54, 1.807) is 11.4 Å². The third kappa shape index (κ3) is 11.6. The fraction of sp³-hybridized carbons (Fsp3) is 0.778. The number of ether oxygens (including phenoxy) is 1. The van der Waals surface area contributed by atoms with Gasteiger partial charge in [0.15, 0.2) is 0 Å². The summed E-state index contributed by atoms with van der Waals surface area (Å²) in [5.41, 5.74) is 0. The third-order valence-electron chi connectivity index (χ3n) is 1.79. The van der Waals surface area contributed by atoms with Crippen molar-refractivity contribution < 1.29 is 28.1 Å². The minimum absolute atomic E-state index is 0.225. The van der Waals surface area contributed by atoms with E-state index in [0.29, 0.717) is 26.1 Å². The fourth-order valence-electron chi connectivity index (χ4n) is 1.07. The molecule has 3 N–H and O–H groups in total. The fourth-order valence-corrected chi connectivity index (χ4v) is 1.59. The molecule has 0 spiro atoms. The molecule has 0 rings (SSSR count). The highest BCUT2D eigenvalue weighted by Crippen LogP contribution is 1.84. The molecule has 1 atom stereocenters. The normalized spacial score (nSPS) is 13.6. The molecule has 0 bridgehead atoms. The van der Waals surface area contributed by atoms with Crippen LogP contribution in [0.3, 0.4) is 0 Å². The van der Waals surface area contributed by atoms with Crippen molar-refractivity contribution in [2.75, 3.05) is 32.1 Å². The number of rotatable bonds is 10. The van der Waals surface area contributed by atoms with Crippen molar-refractivity contribution in [1.29, 1.82) is 0 Å². The molecule has 0 heterocycles. The maximum absolute atomic E-state index is 10.3. The average Bonchev–Trinajstić information content (AvgIpc) is 2.16. The van der Waals surface area contributed by atoms with Crippen LogP contribution in [0, 0.1) is 0 Å². The standard InChI is InChI=1S/C9H19NO5S/c1-2-5-15-8-9(11)7-10-4-3-6-16(12,13)14/h2,9-11H,1,3-8H2,(H,12,13,14). The maximum atomic E-state index is 10.3. The molecule has 0 aliphatic heterocycles. The Morgan fingerprint density at radius 2 is 2.25 bits per heavy atom. The van der Waals surface area contributed by atoms with Crippen LogP contribution in [0.25, 0.3) is 0 Å². The van der Waals surface area contributed by atoms with Gasteiger partial charge in [0.2, 0.25) is 0 Å². The van der Waals surface area contributed by atoms with E-state index in [0.717, 1.165) is 0 Å². The number of aliphatic hydroxyl groups is 1. The number of aliphatic hydroxyl groups excluding tert-OH is 1. The Bertz CT molecular complexity index is 278. The molecule has 0 radical (unpaired) electrons. The number of hydrogen-bond donors (Lipinski definition) is 2. The van der Waals surface area contributed by atoms with E-state index in [-0.39, 0.29) is 12.4 Å². The van der Waals surface area contributed by atoms with Crippen LogP contribution in [0.4, 0.5) is 0 Å². The smallest absolute Gasteiger partial charge is 0.126 e. The highest BCUT2D eigenvalue weighted by Gasteiger charge is 2.05. The van der Waals surface area contributed by atoms with Crippen LogP contribution in [-0.2, 0) is 14.9 Å². The largest absolute Gasteiger partial charge is 0.748 e. The van der Waals surface area contributed by atoms with Gasteiger partial charge >= 0.3 is 0 Å². The van der Waals surface area contributed by atoms with E-state index < -0.39 is 16.2 Å². The van der Waals surface area contributed by atoms with Gasteiger partial charge in [0.05, 0.1) is 29.9 Å². The predicted molar refractivity (Wildman–Crippen MR) is 57.9 cm³/mol. The first-order valence-corrected chi connectivity index (χ1v) is 6.65. The second kappa shape index (κ2) is 8.66. The molecule has 0 aliphatic carbocycles. The van der Waals surface area contributed by atoms with Gasteiger partial charge in [-0.3, -0.25) is 0 Å². The Morgan fingerprint density at radius 3 is 2.81 bits per heavy atom. The summed E-state index contributed by atoms with van der Waals surface area (Å²) in [7, 11) is -4.11. The predicted octanol–water partition coefficient (Wildman–Crippen LogP) is -1.95. The lowest BCUT2D eigenvalue weighted by atomic mass is 10.3. The van der Waals surface area contributed by atoms with Crippen LogP contribution < -0.4 is 5.32 Å². The van der Waals surface area contributed by atoms with Gasteiger partial charge in [-0.25, -0.2) is 8.42 Å². The molecular weight excluding hydrogens is 234 g/mol.